The van der Waals surface area contributed by atoms with Gasteiger partial charge < -0.3 is 19.9 Å². The van der Waals surface area contributed by atoms with Gasteiger partial charge in [-0.3, -0.25) is 9.59 Å². The standard InChI is InChI=1S/C48H33F5N8O4S/c49-38-39(50)42-37(36(23-6-2-1-3-7-23)43(46(64)65)61(42)53)30-22-48(51,52)60(41(30)38)45(63)33-21-29-28-14-17-59(34(28)13-12-31(29)54-33)44(62)26-10-11-32-35(20-26)66-47(55-32)57-56-27-18-24-8-4-15-58-16-5-9-25(19-27)40(24)58/h1-3,6-7,10-13,18-21,54H,4-5,8-9,14-17,22H2,(H,64,65). The summed E-state index contributed by atoms with van der Waals surface area (Å²) in [4.78, 5) is 51.4. The summed E-state index contributed by atoms with van der Waals surface area (Å²) in [5.41, 5.74) is 2.59. The maximum atomic E-state index is 16.2. The number of carbonyl (C=O) groups is 3. The van der Waals surface area contributed by atoms with E-state index in [-0.39, 0.29) is 28.6 Å². The third-order valence-corrected chi connectivity index (χ3v) is 14.1. The Morgan fingerprint density at radius 2 is 1.58 bits per heavy atom. The number of hydrogen-bond acceptors (Lipinski definition) is 8. The summed E-state index contributed by atoms with van der Waals surface area (Å²) >= 11 is 1.31. The molecule has 12 rings (SSSR count). The Bertz CT molecular complexity index is 3460. The lowest BCUT2D eigenvalue weighted by Crippen LogP contribution is -2.43. The molecule has 0 unspecified atom stereocenters. The van der Waals surface area contributed by atoms with Crippen molar-refractivity contribution in [1.29, 1.82) is 0 Å². The molecule has 12 nitrogen and oxygen atoms in total. The van der Waals surface area contributed by atoms with Crippen molar-refractivity contribution in [2.24, 2.45) is 10.2 Å². The van der Waals surface area contributed by atoms with Crippen LogP contribution in [0, 0.1) is 11.6 Å². The van der Waals surface area contributed by atoms with Gasteiger partial charge in [0.25, 0.3) is 11.8 Å². The SMILES string of the molecule is O=C(O)c1c(-c2ccccc2)c2c3c(c(F)c(F)c2n1F)N(C(=O)c1cc2c4c(ccc2[nH]1)N(C(=O)c1ccc2nc(N=Nc5cc6c7c(c5)CCCN7CCC6)sc2c1)CC4)C(F)(F)C3. The van der Waals surface area contributed by atoms with Crippen molar-refractivity contribution < 1.29 is 41.5 Å². The van der Waals surface area contributed by atoms with Crippen LogP contribution in [0.3, 0.4) is 0 Å². The fraction of sp³-hybridized carbons (Fsp3) is 0.208. The monoisotopic (exact) mass is 912 g/mol. The molecule has 0 atom stereocenters. The van der Waals surface area contributed by atoms with Crippen molar-refractivity contribution in [3.05, 3.63) is 130 Å². The zero-order valence-electron chi connectivity index (χ0n) is 34.5. The molecule has 0 spiro atoms. The van der Waals surface area contributed by atoms with E-state index in [9.17, 15) is 19.5 Å². The summed E-state index contributed by atoms with van der Waals surface area (Å²) in [6.45, 7) is 2.44. The molecule has 0 aliphatic carbocycles. The van der Waals surface area contributed by atoms with E-state index in [4.69, 9.17) is 0 Å². The van der Waals surface area contributed by atoms with Crippen molar-refractivity contribution in [3.8, 4) is 11.1 Å². The fourth-order valence-corrected chi connectivity index (χ4v) is 11.3. The van der Waals surface area contributed by atoms with Crippen LogP contribution in [-0.2, 0) is 25.7 Å². The number of benzene rings is 5. The quantitative estimate of drug-likeness (QED) is 0.0967. The molecule has 4 aliphatic rings. The molecule has 3 aromatic heterocycles. The Labute approximate surface area is 374 Å². The Kier molecular flexibility index (Phi) is 8.81. The molecule has 5 aromatic carbocycles. The molecule has 18 heteroatoms. The highest BCUT2D eigenvalue weighted by Crippen LogP contribution is 2.52. The van der Waals surface area contributed by atoms with E-state index in [2.05, 4.69) is 37.2 Å². The van der Waals surface area contributed by atoms with E-state index < -0.39 is 74.2 Å². The number of azo groups is 1. The van der Waals surface area contributed by atoms with Gasteiger partial charge in [-0.25, -0.2) is 23.5 Å². The van der Waals surface area contributed by atoms with Gasteiger partial charge in [-0.15, -0.1) is 10.2 Å². The largest absolute Gasteiger partial charge is 0.476 e. The summed E-state index contributed by atoms with van der Waals surface area (Å²) in [6.07, 6.45) is 3.25. The fourth-order valence-electron chi connectivity index (χ4n) is 10.4. The van der Waals surface area contributed by atoms with Crippen molar-refractivity contribution in [1.82, 2.24) is 14.8 Å². The van der Waals surface area contributed by atoms with Crippen molar-refractivity contribution >= 4 is 89.0 Å². The number of aromatic carboxylic acids is 1. The van der Waals surface area contributed by atoms with Gasteiger partial charge >= 0.3 is 12.0 Å². The number of nitrogens with one attached hydrogen (secondary N) is 1. The molecule has 0 saturated carbocycles. The molecule has 8 aromatic rings. The van der Waals surface area contributed by atoms with Crippen LogP contribution in [0.5, 0.6) is 0 Å². The van der Waals surface area contributed by atoms with Gasteiger partial charge in [-0.2, -0.15) is 13.6 Å². The van der Waals surface area contributed by atoms with Gasteiger partial charge in [-0.1, -0.05) is 46.1 Å². The molecule has 0 fully saturated rings. The number of alkyl halides is 2. The number of thiazole rings is 1. The number of carboxylic acid groups (broad SMARTS) is 1. The number of fused-ring (bicyclic) bond motifs is 7. The minimum Gasteiger partial charge on any atom is -0.476 e. The van der Waals surface area contributed by atoms with Crippen LogP contribution >= 0.6 is 11.3 Å². The first-order valence-electron chi connectivity index (χ1n) is 21.3. The number of halogens is 5. The minimum absolute atomic E-state index is 0.0486. The number of H-pyrrole nitrogens is 1. The molecule has 66 heavy (non-hydrogen) atoms. The Morgan fingerprint density at radius 1 is 0.818 bits per heavy atom. The van der Waals surface area contributed by atoms with Gasteiger partial charge in [0.15, 0.2) is 17.3 Å². The highest BCUT2D eigenvalue weighted by atomic mass is 32.1. The first-order valence-corrected chi connectivity index (χ1v) is 22.1. The maximum Gasteiger partial charge on any atom is 0.355 e. The number of aryl methyl sites for hydroxylation is 2. The maximum absolute atomic E-state index is 16.2. The highest BCUT2D eigenvalue weighted by molar-refractivity contribution is 7.21. The van der Waals surface area contributed by atoms with Gasteiger partial charge in [0.2, 0.25) is 5.13 Å². The molecule has 0 radical (unpaired) electrons. The van der Waals surface area contributed by atoms with Crippen molar-refractivity contribution in [3.63, 3.8) is 0 Å². The Balaban J connectivity index is 0.843. The van der Waals surface area contributed by atoms with Crippen LogP contribution in [0.1, 0.15) is 66.4 Å². The van der Waals surface area contributed by atoms with E-state index in [1.807, 2.05) is 0 Å². The molecule has 330 valence electrons. The number of rotatable bonds is 6. The number of anilines is 3. The van der Waals surface area contributed by atoms with Gasteiger partial charge in [0.05, 0.1) is 28.0 Å². The molecule has 0 bridgehead atoms. The van der Waals surface area contributed by atoms with Gasteiger partial charge in [0.1, 0.15) is 11.2 Å². The molecule has 2 amide bonds. The number of hydrogen-bond donors (Lipinski definition) is 2. The molecular weight excluding hydrogens is 880 g/mol. The Morgan fingerprint density at radius 3 is 2.32 bits per heavy atom. The first-order chi connectivity index (χ1) is 31.9. The van der Waals surface area contributed by atoms with Crippen LogP contribution in [0.15, 0.2) is 89.1 Å². The molecule has 0 saturated heterocycles. The van der Waals surface area contributed by atoms with Gasteiger partial charge in [-0.05, 0) is 108 Å². The molecule has 2 N–H and O–H groups in total. The zero-order chi connectivity index (χ0) is 45.3. The predicted octanol–water partition coefficient (Wildman–Crippen LogP) is 11.2. The second-order valence-corrected chi connectivity index (χ2v) is 17.9. The highest BCUT2D eigenvalue weighted by Gasteiger charge is 2.53. The number of aromatic nitrogens is 3. The number of nitrogens with zero attached hydrogens (tertiary/aromatic N) is 7. The van der Waals surface area contributed by atoms with E-state index >= 15 is 22.0 Å². The number of carbonyl (C=O) groups excluding carboxylic acids is 2. The van der Waals surface area contributed by atoms with Crippen LogP contribution in [0.2, 0.25) is 0 Å². The van der Waals surface area contributed by atoms with Gasteiger partial charge in [0, 0.05) is 58.4 Å². The third-order valence-electron chi connectivity index (χ3n) is 13.2. The molecule has 7 heterocycles. The summed E-state index contributed by atoms with van der Waals surface area (Å²) in [5, 5.41) is 19.3. The average molecular weight is 913 g/mol. The minimum atomic E-state index is -4.15. The second-order valence-electron chi connectivity index (χ2n) is 16.9. The van der Waals surface area contributed by atoms with Crippen LogP contribution in [0.25, 0.3) is 43.1 Å². The molecular formula is C48H33F5N8O4S. The topological polar surface area (TPSA) is 139 Å². The third kappa shape index (κ3) is 5.92. The average Bonchev–Trinajstić information content (AvgIpc) is 4.14. The van der Waals surface area contributed by atoms with E-state index in [0.29, 0.717) is 44.8 Å². The normalized spacial score (nSPS) is 16.2. The number of carboxylic acids is 1. The van der Waals surface area contributed by atoms with E-state index in [0.717, 1.165) is 49.2 Å². The lowest BCUT2D eigenvalue weighted by Gasteiger charge is -2.36. The lowest BCUT2D eigenvalue weighted by atomic mass is 9.91. The zero-order valence-corrected chi connectivity index (χ0v) is 35.3. The van der Waals surface area contributed by atoms with Crippen LogP contribution < -0.4 is 14.7 Å². The van der Waals surface area contributed by atoms with E-state index in [1.54, 1.807) is 41.3 Å². The number of aromatic amines is 1. The van der Waals surface area contributed by atoms with Crippen LogP contribution in [-0.4, -0.2) is 63.3 Å². The summed E-state index contributed by atoms with van der Waals surface area (Å²) in [5.74, 6) is -7.43. The summed E-state index contributed by atoms with van der Waals surface area (Å²) < 4.78 is 80.7. The predicted molar refractivity (Wildman–Crippen MR) is 239 cm³/mol. The van der Waals surface area contributed by atoms with Crippen molar-refractivity contribution in [2.45, 2.75) is 44.6 Å². The molecule has 4 aliphatic heterocycles. The van der Waals surface area contributed by atoms with E-state index in [1.165, 1.54) is 58.5 Å². The first kappa shape index (κ1) is 40.1. The van der Waals surface area contributed by atoms with Crippen molar-refractivity contribution in [2.75, 3.05) is 34.3 Å². The Hall–Kier alpha value is -7.47. The summed E-state index contributed by atoms with van der Waals surface area (Å²) in [7, 11) is 0. The number of amides is 2. The van der Waals surface area contributed by atoms with Crippen LogP contribution in [0.4, 0.5) is 49.9 Å². The lowest BCUT2D eigenvalue weighted by molar-refractivity contribution is 0.00850. The smallest absolute Gasteiger partial charge is 0.355 e. The summed E-state index contributed by atoms with van der Waals surface area (Å²) in [6, 6.07) is 17.2. The second kappa shape index (κ2) is 14.5.